The predicted molar refractivity (Wildman–Crippen MR) is 80.5 cm³/mol. The molecule has 1 unspecified atom stereocenters. The van der Waals surface area contributed by atoms with Crippen LogP contribution in [0.4, 0.5) is 5.69 Å². The molecule has 1 aromatic carbocycles. The Morgan fingerprint density at radius 2 is 2.19 bits per heavy atom. The first-order valence-electron chi connectivity index (χ1n) is 4.92. The topological polar surface area (TPSA) is 12.0 Å². The normalized spacial score (nSPS) is 12.4. The van der Waals surface area contributed by atoms with E-state index in [1.165, 1.54) is 4.88 Å². The van der Waals surface area contributed by atoms with Crippen LogP contribution >= 0.6 is 45.5 Å². The first-order valence-corrected chi connectivity index (χ1v) is 7.25. The van der Waals surface area contributed by atoms with E-state index in [-0.39, 0.29) is 0 Å². The first kappa shape index (κ1) is 12.2. The summed E-state index contributed by atoms with van der Waals surface area (Å²) < 4.78 is 1.15. The van der Waals surface area contributed by atoms with E-state index in [1.54, 1.807) is 11.3 Å². The van der Waals surface area contributed by atoms with Crippen molar-refractivity contribution in [1.82, 2.24) is 0 Å². The number of benzene rings is 1. The Balaban J connectivity index is 2.15. The van der Waals surface area contributed by atoms with Crippen molar-refractivity contribution < 1.29 is 0 Å². The van der Waals surface area contributed by atoms with Crippen LogP contribution in [-0.4, -0.2) is 0 Å². The number of thiophene rings is 1. The summed E-state index contributed by atoms with van der Waals surface area (Å²) in [5, 5.41) is 6.36. The fourth-order valence-corrected chi connectivity index (χ4v) is 3.21. The van der Waals surface area contributed by atoms with Crippen molar-refractivity contribution in [2.24, 2.45) is 0 Å². The molecule has 0 spiro atoms. The summed E-state index contributed by atoms with van der Waals surface area (Å²) in [7, 11) is 0. The molecule has 0 radical (unpaired) electrons. The maximum absolute atomic E-state index is 5.92. The summed E-state index contributed by atoms with van der Waals surface area (Å²) in [6.07, 6.45) is 0. The molecule has 2 aromatic rings. The quantitative estimate of drug-likeness (QED) is 0.741. The average molecular weight is 364 g/mol. The van der Waals surface area contributed by atoms with Crippen LogP contribution in [0.1, 0.15) is 17.8 Å². The standard InChI is InChI=1S/C12H11ClINS/c1-8(12-3-2-6-16-12)15-11-5-4-9(13)7-10(11)14/h2-8,15H,1H3. The van der Waals surface area contributed by atoms with Crippen molar-refractivity contribution in [2.45, 2.75) is 13.0 Å². The van der Waals surface area contributed by atoms with Crippen LogP contribution in [0.5, 0.6) is 0 Å². The van der Waals surface area contributed by atoms with Crippen LogP contribution < -0.4 is 5.32 Å². The first-order chi connectivity index (χ1) is 7.66. The Morgan fingerprint density at radius 3 is 2.81 bits per heavy atom. The zero-order valence-corrected chi connectivity index (χ0v) is 12.4. The minimum atomic E-state index is 0.328. The smallest absolute Gasteiger partial charge is 0.0578 e. The largest absolute Gasteiger partial charge is 0.377 e. The van der Waals surface area contributed by atoms with Gasteiger partial charge in [-0.15, -0.1) is 11.3 Å². The molecule has 0 saturated heterocycles. The number of halogens is 2. The SMILES string of the molecule is CC(Nc1ccc(Cl)cc1I)c1cccs1. The van der Waals surface area contributed by atoms with Gasteiger partial charge in [-0.25, -0.2) is 0 Å². The molecule has 1 N–H and O–H groups in total. The summed E-state index contributed by atoms with van der Waals surface area (Å²) in [6.45, 7) is 2.16. The lowest BCUT2D eigenvalue weighted by Gasteiger charge is -2.15. The summed E-state index contributed by atoms with van der Waals surface area (Å²) in [5.41, 5.74) is 1.13. The summed E-state index contributed by atoms with van der Waals surface area (Å²) in [5.74, 6) is 0. The van der Waals surface area contributed by atoms with Crippen molar-refractivity contribution in [3.63, 3.8) is 0 Å². The predicted octanol–water partition coefficient (Wildman–Crippen LogP) is 5.18. The van der Waals surface area contributed by atoms with Gasteiger partial charge in [0.25, 0.3) is 0 Å². The van der Waals surface area contributed by atoms with E-state index in [0.717, 1.165) is 14.3 Å². The zero-order chi connectivity index (χ0) is 11.5. The van der Waals surface area contributed by atoms with Gasteiger partial charge in [0, 0.05) is 19.2 Å². The Kier molecular flexibility index (Phi) is 4.10. The molecular formula is C12H11ClINS. The van der Waals surface area contributed by atoms with Gasteiger partial charge in [-0.2, -0.15) is 0 Å². The van der Waals surface area contributed by atoms with Crippen molar-refractivity contribution in [3.8, 4) is 0 Å². The molecule has 0 aliphatic heterocycles. The van der Waals surface area contributed by atoms with E-state index in [4.69, 9.17) is 11.6 Å². The highest BCUT2D eigenvalue weighted by Gasteiger charge is 2.08. The summed E-state index contributed by atoms with van der Waals surface area (Å²) in [4.78, 5) is 1.34. The average Bonchev–Trinajstić information content (AvgIpc) is 2.75. The molecule has 0 aliphatic rings. The van der Waals surface area contributed by atoms with Crippen LogP contribution in [0.2, 0.25) is 5.02 Å². The van der Waals surface area contributed by atoms with E-state index in [9.17, 15) is 0 Å². The highest BCUT2D eigenvalue weighted by atomic mass is 127. The van der Waals surface area contributed by atoms with Gasteiger partial charge in [0.1, 0.15) is 0 Å². The lowest BCUT2D eigenvalue weighted by molar-refractivity contribution is 0.907. The molecule has 0 saturated carbocycles. The van der Waals surface area contributed by atoms with Gasteiger partial charge in [0.05, 0.1) is 6.04 Å². The molecule has 1 nitrogen and oxygen atoms in total. The van der Waals surface area contributed by atoms with E-state index in [1.807, 2.05) is 18.2 Å². The zero-order valence-electron chi connectivity index (χ0n) is 8.71. The molecule has 1 atom stereocenters. The lowest BCUT2D eigenvalue weighted by atomic mass is 10.2. The molecule has 0 fully saturated rings. The number of hydrogen-bond acceptors (Lipinski definition) is 2. The minimum absolute atomic E-state index is 0.328. The van der Waals surface area contributed by atoms with Gasteiger partial charge >= 0.3 is 0 Å². The van der Waals surface area contributed by atoms with E-state index < -0.39 is 0 Å². The molecular weight excluding hydrogens is 353 g/mol. The summed E-state index contributed by atoms with van der Waals surface area (Å²) in [6, 6.07) is 10.4. The van der Waals surface area contributed by atoms with Crippen LogP contribution in [0, 0.1) is 3.57 Å². The van der Waals surface area contributed by atoms with Crippen LogP contribution in [0.25, 0.3) is 0 Å². The third kappa shape index (κ3) is 2.90. The molecule has 0 amide bonds. The second-order valence-electron chi connectivity index (χ2n) is 3.51. The highest BCUT2D eigenvalue weighted by molar-refractivity contribution is 14.1. The molecule has 1 heterocycles. The number of hydrogen-bond donors (Lipinski definition) is 1. The van der Waals surface area contributed by atoms with Gasteiger partial charge in [-0.05, 0) is 59.2 Å². The van der Waals surface area contributed by atoms with Gasteiger partial charge in [-0.3, -0.25) is 0 Å². The molecule has 84 valence electrons. The van der Waals surface area contributed by atoms with E-state index >= 15 is 0 Å². The Morgan fingerprint density at radius 1 is 1.38 bits per heavy atom. The molecule has 16 heavy (non-hydrogen) atoms. The Bertz CT molecular complexity index is 470. The second kappa shape index (κ2) is 5.38. The maximum Gasteiger partial charge on any atom is 0.0578 e. The van der Waals surface area contributed by atoms with Crippen LogP contribution in [0.15, 0.2) is 35.7 Å². The number of rotatable bonds is 3. The Hall–Kier alpha value is -0.260. The number of nitrogens with one attached hydrogen (secondary N) is 1. The van der Waals surface area contributed by atoms with Gasteiger partial charge in [0.2, 0.25) is 0 Å². The van der Waals surface area contributed by atoms with Crippen molar-refractivity contribution in [1.29, 1.82) is 0 Å². The summed E-state index contributed by atoms with van der Waals surface area (Å²) >= 11 is 9.98. The molecule has 1 aromatic heterocycles. The van der Waals surface area contributed by atoms with Crippen LogP contribution in [-0.2, 0) is 0 Å². The fourth-order valence-electron chi connectivity index (χ4n) is 1.45. The third-order valence-electron chi connectivity index (χ3n) is 2.27. The van der Waals surface area contributed by atoms with E-state index in [0.29, 0.717) is 6.04 Å². The Labute approximate surface area is 118 Å². The number of anilines is 1. The van der Waals surface area contributed by atoms with E-state index in [2.05, 4.69) is 52.3 Å². The minimum Gasteiger partial charge on any atom is -0.377 e. The van der Waals surface area contributed by atoms with Gasteiger partial charge in [0.15, 0.2) is 0 Å². The monoisotopic (exact) mass is 363 g/mol. The lowest BCUT2D eigenvalue weighted by Crippen LogP contribution is -2.05. The maximum atomic E-state index is 5.92. The molecule has 0 aliphatic carbocycles. The highest BCUT2D eigenvalue weighted by Crippen LogP contribution is 2.27. The van der Waals surface area contributed by atoms with Crippen molar-refractivity contribution in [3.05, 3.63) is 49.2 Å². The van der Waals surface area contributed by atoms with Gasteiger partial charge in [-0.1, -0.05) is 17.7 Å². The van der Waals surface area contributed by atoms with Crippen LogP contribution in [0.3, 0.4) is 0 Å². The second-order valence-corrected chi connectivity index (χ2v) is 6.08. The molecule has 4 heteroatoms. The van der Waals surface area contributed by atoms with Crippen molar-refractivity contribution >= 4 is 51.2 Å². The van der Waals surface area contributed by atoms with Gasteiger partial charge < -0.3 is 5.32 Å². The third-order valence-corrected chi connectivity index (χ3v) is 4.46. The van der Waals surface area contributed by atoms with Crippen molar-refractivity contribution in [2.75, 3.05) is 5.32 Å². The molecule has 2 rings (SSSR count). The fraction of sp³-hybridized carbons (Fsp3) is 0.167. The molecule has 0 bridgehead atoms.